The first kappa shape index (κ1) is 22.3. The van der Waals surface area contributed by atoms with Gasteiger partial charge in [-0.05, 0) is 0 Å². The fourth-order valence-electron chi connectivity index (χ4n) is 1.70. The van der Waals surface area contributed by atoms with Gasteiger partial charge in [-0.25, -0.2) is 0 Å². The minimum Gasteiger partial charge on any atom is -0.481 e. The largest absolute Gasteiger partial charge is 0.481 e. The van der Waals surface area contributed by atoms with E-state index in [1.807, 2.05) is 0 Å². The summed E-state index contributed by atoms with van der Waals surface area (Å²) < 4.78 is 15.8. The summed E-state index contributed by atoms with van der Waals surface area (Å²) in [5.41, 5.74) is -0.816. The summed E-state index contributed by atoms with van der Waals surface area (Å²) in [4.78, 5) is 22.6. The lowest BCUT2D eigenvalue weighted by Gasteiger charge is -2.31. The Labute approximate surface area is 142 Å². The van der Waals surface area contributed by atoms with E-state index in [0.29, 0.717) is 13.2 Å². The van der Waals surface area contributed by atoms with Crippen LogP contribution in [0.25, 0.3) is 0 Å². The highest BCUT2D eigenvalue weighted by Gasteiger charge is 2.35. The van der Waals surface area contributed by atoms with Crippen molar-refractivity contribution in [3.63, 3.8) is 0 Å². The zero-order chi connectivity index (χ0) is 18.4. The van der Waals surface area contributed by atoms with Crippen molar-refractivity contribution in [1.82, 2.24) is 5.32 Å². The molecule has 0 saturated carbocycles. The van der Waals surface area contributed by atoms with Crippen molar-refractivity contribution >= 4 is 11.9 Å². The Hall–Kier alpha value is -1.66. The Morgan fingerprint density at radius 2 is 1.83 bits per heavy atom. The molecule has 1 amide bonds. The number of aliphatic hydroxyl groups is 1. The van der Waals surface area contributed by atoms with E-state index in [-0.39, 0.29) is 39.4 Å². The number of hydrogen-bond acceptors (Lipinski definition) is 6. The van der Waals surface area contributed by atoms with Gasteiger partial charge in [0.2, 0.25) is 5.91 Å². The van der Waals surface area contributed by atoms with Crippen molar-refractivity contribution in [3.05, 3.63) is 0 Å². The van der Waals surface area contributed by atoms with Crippen LogP contribution >= 0.6 is 0 Å². The van der Waals surface area contributed by atoms with Crippen LogP contribution in [0.5, 0.6) is 0 Å². The second kappa shape index (κ2) is 12.7. The molecule has 0 radical (unpaired) electrons. The third kappa shape index (κ3) is 10.2. The minimum absolute atomic E-state index is 0.00144. The third-order valence-corrected chi connectivity index (χ3v) is 3.06. The quantitative estimate of drug-likeness (QED) is 0.291. The predicted molar refractivity (Wildman–Crippen MR) is 86.3 cm³/mol. The Balaban J connectivity index is 4.21. The average Bonchev–Trinajstić information content (AvgIpc) is 2.52. The number of carbonyl (C=O) groups is 2. The molecule has 138 valence electrons. The van der Waals surface area contributed by atoms with Crippen LogP contribution in [0.15, 0.2) is 0 Å². The maximum atomic E-state index is 12.1. The van der Waals surface area contributed by atoms with Gasteiger partial charge in [0.1, 0.15) is 12.7 Å². The number of aliphatic carboxylic acids is 1. The molecule has 8 nitrogen and oxygen atoms in total. The van der Waals surface area contributed by atoms with Crippen molar-refractivity contribution < 1.29 is 34.0 Å². The zero-order valence-electron chi connectivity index (χ0n) is 14.2. The van der Waals surface area contributed by atoms with E-state index < -0.39 is 23.4 Å². The van der Waals surface area contributed by atoms with E-state index in [2.05, 4.69) is 11.2 Å². The molecule has 8 heteroatoms. The summed E-state index contributed by atoms with van der Waals surface area (Å²) in [7, 11) is 0. The summed E-state index contributed by atoms with van der Waals surface area (Å²) in [6.45, 7) is 4.45. The van der Waals surface area contributed by atoms with Gasteiger partial charge in [0, 0.05) is 12.0 Å². The number of aliphatic hydroxyl groups excluding tert-OH is 1. The summed E-state index contributed by atoms with van der Waals surface area (Å²) in [5, 5.41) is 20.5. The average molecular weight is 345 g/mol. The minimum atomic E-state index is -1.00. The molecule has 0 aromatic carbocycles. The molecule has 0 aromatic heterocycles. The van der Waals surface area contributed by atoms with Crippen LogP contribution in [0, 0.1) is 17.8 Å². The highest BCUT2D eigenvalue weighted by Crippen LogP contribution is 2.22. The van der Waals surface area contributed by atoms with Crippen molar-refractivity contribution in [2.75, 3.05) is 46.2 Å². The standard InChI is InChI=1S/C16H27NO7/c1-4-7-22-8-9-23-10-11-24-14(16(2,3)12-18)15(21)17-6-5-13(19)20/h1,14,18H,5-12H2,2-3H3,(H,17,21)(H,19,20)/t14-/m0/s1. The van der Waals surface area contributed by atoms with Gasteiger partial charge < -0.3 is 29.7 Å². The van der Waals surface area contributed by atoms with E-state index in [1.165, 1.54) is 0 Å². The van der Waals surface area contributed by atoms with Gasteiger partial charge in [-0.3, -0.25) is 9.59 Å². The SMILES string of the molecule is C#CCOCCOCCO[C@@H](C(=O)NCCC(=O)O)C(C)(C)CO. The molecule has 0 aromatic rings. The van der Waals surface area contributed by atoms with Crippen LogP contribution in [0.3, 0.4) is 0 Å². The molecule has 0 aliphatic rings. The van der Waals surface area contributed by atoms with Crippen LogP contribution in [-0.4, -0.2) is 74.4 Å². The van der Waals surface area contributed by atoms with Crippen LogP contribution in [0.2, 0.25) is 0 Å². The lowest BCUT2D eigenvalue weighted by atomic mass is 9.87. The van der Waals surface area contributed by atoms with Gasteiger partial charge in [0.15, 0.2) is 0 Å². The topological polar surface area (TPSA) is 114 Å². The summed E-state index contributed by atoms with van der Waals surface area (Å²) in [6, 6.07) is 0. The lowest BCUT2D eigenvalue weighted by molar-refractivity contribution is -0.145. The second-order valence-corrected chi connectivity index (χ2v) is 5.70. The molecule has 0 fully saturated rings. The number of terminal acetylenes is 1. The lowest BCUT2D eigenvalue weighted by Crippen LogP contribution is -2.48. The first-order valence-corrected chi connectivity index (χ1v) is 7.66. The summed E-state index contributed by atoms with van der Waals surface area (Å²) >= 11 is 0. The van der Waals surface area contributed by atoms with Crippen molar-refractivity contribution in [2.45, 2.75) is 26.4 Å². The van der Waals surface area contributed by atoms with Gasteiger partial charge in [-0.15, -0.1) is 6.42 Å². The highest BCUT2D eigenvalue weighted by molar-refractivity contribution is 5.82. The molecule has 0 rings (SSSR count). The summed E-state index contributed by atoms with van der Waals surface area (Å²) in [6.07, 6.45) is 3.93. The monoisotopic (exact) mass is 345 g/mol. The number of carbonyl (C=O) groups excluding carboxylic acids is 1. The Morgan fingerprint density at radius 3 is 2.42 bits per heavy atom. The predicted octanol–water partition coefficient (Wildman–Crippen LogP) is -0.353. The zero-order valence-corrected chi connectivity index (χ0v) is 14.2. The first-order chi connectivity index (χ1) is 11.3. The molecular formula is C16H27NO7. The molecule has 24 heavy (non-hydrogen) atoms. The van der Waals surface area contributed by atoms with Crippen LogP contribution in [0.4, 0.5) is 0 Å². The molecule has 3 N–H and O–H groups in total. The molecule has 0 unspecified atom stereocenters. The van der Waals surface area contributed by atoms with Crippen molar-refractivity contribution in [1.29, 1.82) is 0 Å². The molecule has 0 aliphatic carbocycles. The Bertz CT molecular complexity index is 417. The van der Waals surface area contributed by atoms with E-state index in [9.17, 15) is 14.7 Å². The first-order valence-electron chi connectivity index (χ1n) is 7.66. The number of nitrogens with one attached hydrogen (secondary N) is 1. The maximum absolute atomic E-state index is 12.1. The number of carboxylic acids is 1. The third-order valence-electron chi connectivity index (χ3n) is 3.06. The Morgan fingerprint density at radius 1 is 1.21 bits per heavy atom. The van der Waals surface area contributed by atoms with E-state index >= 15 is 0 Å². The molecule has 1 atom stereocenters. The van der Waals surface area contributed by atoms with E-state index in [1.54, 1.807) is 13.8 Å². The molecule has 0 aliphatic heterocycles. The fraction of sp³-hybridized carbons (Fsp3) is 0.750. The number of carboxylic acid groups (broad SMARTS) is 1. The number of hydrogen-bond donors (Lipinski definition) is 3. The second-order valence-electron chi connectivity index (χ2n) is 5.70. The van der Waals surface area contributed by atoms with E-state index in [0.717, 1.165) is 0 Å². The highest BCUT2D eigenvalue weighted by atomic mass is 16.5. The fourth-order valence-corrected chi connectivity index (χ4v) is 1.70. The van der Waals surface area contributed by atoms with Gasteiger partial charge in [-0.1, -0.05) is 19.8 Å². The molecule has 0 heterocycles. The molecular weight excluding hydrogens is 318 g/mol. The molecule has 0 bridgehead atoms. The van der Waals surface area contributed by atoms with Gasteiger partial charge in [0.25, 0.3) is 0 Å². The number of ether oxygens (including phenoxy) is 3. The van der Waals surface area contributed by atoms with Crippen LogP contribution in [-0.2, 0) is 23.8 Å². The van der Waals surface area contributed by atoms with Crippen molar-refractivity contribution in [2.24, 2.45) is 5.41 Å². The van der Waals surface area contributed by atoms with E-state index in [4.69, 9.17) is 25.7 Å². The maximum Gasteiger partial charge on any atom is 0.305 e. The number of rotatable bonds is 14. The smallest absolute Gasteiger partial charge is 0.305 e. The van der Waals surface area contributed by atoms with Crippen LogP contribution < -0.4 is 5.32 Å². The normalized spacial score (nSPS) is 12.4. The molecule has 0 saturated heterocycles. The van der Waals surface area contributed by atoms with Crippen LogP contribution in [0.1, 0.15) is 20.3 Å². The van der Waals surface area contributed by atoms with Gasteiger partial charge >= 0.3 is 5.97 Å². The summed E-state index contributed by atoms with van der Waals surface area (Å²) in [5.74, 6) is 0.866. The Kier molecular flexibility index (Phi) is 11.8. The number of amides is 1. The molecule has 0 spiro atoms. The van der Waals surface area contributed by atoms with Gasteiger partial charge in [0.05, 0.1) is 39.5 Å². The van der Waals surface area contributed by atoms with Crippen molar-refractivity contribution in [3.8, 4) is 12.3 Å². The van der Waals surface area contributed by atoms with Gasteiger partial charge in [-0.2, -0.15) is 0 Å².